The Bertz CT molecular complexity index is 4170. The maximum Gasteiger partial charge on any atom is 0.371 e. The Morgan fingerprint density at radius 1 is 0.500 bits per heavy atom. The average Bonchev–Trinajstić information content (AvgIpc) is 1.56. The number of carboxylic acid groups (broad SMARTS) is 3. The number of rotatable bonds is 22. The quantitative estimate of drug-likeness (QED) is 0.0313. The highest BCUT2D eigenvalue weighted by Crippen LogP contribution is 2.42. The van der Waals surface area contributed by atoms with E-state index in [9.17, 15) is 41.9 Å². The van der Waals surface area contributed by atoms with E-state index in [0.717, 1.165) is 0 Å². The molecule has 0 radical (unpaired) electrons. The maximum atomic E-state index is 14.2. The second-order valence-corrected chi connectivity index (χ2v) is 26.3. The lowest BCUT2D eigenvalue weighted by Gasteiger charge is -2.29. The van der Waals surface area contributed by atoms with Crippen LogP contribution in [0.4, 0.5) is 13.2 Å². The molecule has 3 unspecified atom stereocenters. The molecule has 92 heavy (non-hydrogen) atoms. The van der Waals surface area contributed by atoms with Crippen molar-refractivity contribution in [2.45, 2.75) is 104 Å². The predicted molar refractivity (Wildman–Crippen MR) is 360 cm³/mol. The summed E-state index contributed by atoms with van der Waals surface area (Å²) in [5, 5.41) is 31.8. The number of H-pyrrole nitrogens is 3. The Balaban J connectivity index is 0.000000196. The smallest absolute Gasteiger partial charge is 0.371 e. The molecule has 9 aromatic rings. The molecule has 8 N–H and O–H groups in total. The van der Waals surface area contributed by atoms with Crippen LogP contribution in [0.2, 0.25) is 0 Å². The first-order valence-corrected chi connectivity index (χ1v) is 32.6. The van der Waals surface area contributed by atoms with Gasteiger partial charge in [-0.1, -0.05) is 0 Å². The molecule has 6 aromatic carbocycles. The van der Waals surface area contributed by atoms with Gasteiger partial charge in [0.2, 0.25) is 18.2 Å². The molecule has 21 nitrogen and oxygen atoms in total. The molecule has 0 aliphatic carbocycles. The van der Waals surface area contributed by atoms with Crippen LogP contribution in [-0.4, -0.2) is 129 Å². The number of carboxylic acids is 3. The van der Waals surface area contributed by atoms with Gasteiger partial charge in [0.15, 0.2) is 35.1 Å². The summed E-state index contributed by atoms with van der Waals surface area (Å²) in [5.74, 6) is -2.15. The van der Waals surface area contributed by atoms with Gasteiger partial charge in [0.1, 0.15) is 17.2 Å². The van der Waals surface area contributed by atoms with Crippen LogP contribution >= 0.6 is 95.6 Å². The molecule has 0 saturated heterocycles. The van der Waals surface area contributed by atoms with Gasteiger partial charge < -0.3 is 60.0 Å². The van der Waals surface area contributed by atoms with Gasteiger partial charge >= 0.3 is 17.9 Å². The van der Waals surface area contributed by atoms with Gasteiger partial charge in [0.05, 0.1) is 59.9 Å². The standard InChI is InChI=1S/C23H24Br2FN3O4.C20H18Br2FN3O4.C19H16Br2FN3O4/c1-11(2)29(12(3)4)22(30)21-27-18-6-5-14(10-19(18)28-21)33-20-15(24)7-13(8-16(20)25)9-17(26)23(31)32;1-9(2)24-19(27)14(23)7-10-5-12(21)17(13(22)6-10)30-11-3-4-15-16(8-11)26-18(25-15)20(28)29;1-2-23-18(26)17-24-14-4-3-10(8-15(14)25-17)29-16-11(20)5-9(6-12(16)21)7-13(22)19(27)28/h5-8,10-12,17H,9H2,1-4H3,(H,27,28)(H,31,32);3-6,8-9,14H,7H2,1-2H3,(H,24,27)(H,25,26)(H,28,29);3-6,8,13H,2,7H2,1H3,(H,23,26)(H,24,25)(H,27,28). The zero-order valence-corrected chi connectivity index (χ0v) is 59.2. The number of hydrogen-bond acceptors (Lipinski definition) is 12. The normalized spacial score (nSPS) is 12.2. The third-order valence-corrected chi connectivity index (χ3v) is 16.5. The van der Waals surface area contributed by atoms with Crippen LogP contribution in [0.5, 0.6) is 34.5 Å². The number of carbonyl (C=O) groups excluding carboxylic acids is 3. The second kappa shape index (κ2) is 32.0. The van der Waals surface area contributed by atoms with Crippen LogP contribution in [0.3, 0.4) is 0 Å². The number of halogens is 9. The van der Waals surface area contributed by atoms with Gasteiger partial charge in [-0.2, -0.15) is 0 Å². The number of nitrogens with zero attached hydrogens (tertiary/aromatic N) is 4. The molecule has 0 saturated carbocycles. The topological polar surface area (TPSA) is 304 Å². The van der Waals surface area contributed by atoms with E-state index in [0.29, 0.717) is 118 Å². The molecule has 0 aliphatic rings. The van der Waals surface area contributed by atoms with Crippen molar-refractivity contribution >= 4 is 164 Å². The first-order chi connectivity index (χ1) is 43.4. The Morgan fingerprint density at radius 3 is 1.15 bits per heavy atom. The summed E-state index contributed by atoms with van der Waals surface area (Å²) < 4.78 is 62.4. The summed E-state index contributed by atoms with van der Waals surface area (Å²) in [5.41, 5.74) is 5.17. The first kappa shape index (κ1) is 72.1. The summed E-state index contributed by atoms with van der Waals surface area (Å²) in [7, 11) is 0. The van der Waals surface area contributed by atoms with Crippen molar-refractivity contribution in [3.8, 4) is 34.5 Å². The van der Waals surface area contributed by atoms with Crippen LogP contribution in [0.15, 0.2) is 118 Å². The second-order valence-electron chi connectivity index (χ2n) is 21.2. The molecule has 3 atom stereocenters. The van der Waals surface area contributed by atoms with Crippen molar-refractivity contribution in [1.29, 1.82) is 0 Å². The Morgan fingerprint density at radius 2 is 0.826 bits per heavy atom. The zero-order chi connectivity index (χ0) is 67.6. The van der Waals surface area contributed by atoms with Crippen molar-refractivity contribution < 1.29 is 71.5 Å². The molecule has 3 aromatic heterocycles. The Hall–Kier alpha value is -7.38. The van der Waals surface area contributed by atoms with Crippen molar-refractivity contribution in [3.05, 3.63) is 152 Å². The number of hydrogen-bond donors (Lipinski definition) is 8. The van der Waals surface area contributed by atoms with Crippen LogP contribution in [0.25, 0.3) is 33.1 Å². The molecular formula is C62H58Br6F3N9O12. The van der Waals surface area contributed by atoms with E-state index in [1.165, 1.54) is 0 Å². The molecule has 30 heteroatoms. The molecule has 3 amide bonds. The van der Waals surface area contributed by atoms with E-state index in [-0.39, 0.29) is 66.7 Å². The number of aromatic carboxylic acids is 1. The van der Waals surface area contributed by atoms with E-state index in [1.807, 2.05) is 34.6 Å². The van der Waals surface area contributed by atoms with E-state index in [4.69, 9.17) is 29.5 Å². The van der Waals surface area contributed by atoms with Crippen LogP contribution in [0, 0.1) is 0 Å². The van der Waals surface area contributed by atoms with Gasteiger partial charge in [-0.05, 0) is 234 Å². The third-order valence-electron chi connectivity index (χ3n) is 13.0. The number of benzene rings is 6. The van der Waals surface area contributed by atoms with Gasteiger partial charge in [-0.3, -0.25) is 14.4 Å². The number of aliphatic carboxylic acids is 2. The minimum Gasteiger partial charge on any atom is -0.479 e. The summed E-state index contributed by atoms with van der Waals surface area (Å²) in [6.07, 6.45) is -6.22. The lowest BCUT2D eigenvalue weighted by atomic mass is 10.1. The fraction of sp³-hybridized carbons (Fsp3) is 0.274. The van der Waals surface area contributed by atoms with Crippen LogP contribution < -0.4 is 24.8 Å². The average molecular weight is 1660 g/mol. The van der Waals surface area contributed by atoms with Gasteiger partial charge in [-0.15, -0.1) is 0 Å². The number of imidazole rings is 3. The Labute approximate surface area is 574 Å². The van der Waals surface area contributed by atoms with E-state index >= 15 is 0 Å². The molecule has 9 rings (SSSR count). The number of amides is 3. The molecule has 0 fully saturated rings. The molecule has 0 spiro atoms. The number of ether oxygens (including phenoxy) is 3. The molecule has 0 bridgehead atoms. The van der Waals surface area contributed by atoms with Gasteiger partial charge in [0.25, 0.3) is 17.7 Å². The van der Waals surface area contributed by atoms with Crippen molar-refractivity contribution in [2.24, 2.45) is 0 Å². The van der Waals surface area contributed by atoms with Crippen molar-refractivity contribution in [3.63, 3.8) is 0 Å². The number of aromatic nitrogens is 6. The number of nitrogens with one attached hydrogen (secondary N) is 5. The Kier molecular flexibility index (Phi) is 25.0. The van der Waals surface area contributed by atoms with Crippen LogP contribution in [-0.2, 0) is 33.6 Å². The van der Waals surface area contributed by atoms with Crippen LogP contribution in [0.1, 0.15) is 97.0 Å². The summed E-state index contributed by atoms with van der Waals surface area (Å²) in [6, 6.07) is 25.1. The van der Waals surface area contributed by atoms with E-state index in [2.05, 4.69) is 136 Å². The SMILES string of the molecule is CC(C)N(C(=O)c1nc2ccc(Oc3c(Br)cc(CC(F)C(=O)O)cc3Br)cc2[nH]1)C(C)C.CC(C)NC(=O)C(F)Cc1cc(Br)c(Oc2ccc3nc(C(=O)O)[nH]c3c2)c(Br)c1.CCNC(=O)c1nc2ccc(Oc3c(Br)cc(CC(F)C(=O)O)cc3Br)cc2[nH]1. The number of carbonyl (C=O) groups is 6. The fourth-order valence-electron chi connectivity index (χ4n) is 9.00. The van der Waals surface area contributed by atoms with E-state index < -0.39 is 42.3 Å². The molecular weight excluding hydrogens is 1600 g/mol. The lowest BCUT2D eigenvalue weighted by Crippen LogP contribution is -2.42. The molecule has 486 valence electrons. The van der Waals surface area contributed by atoms with Gasteiger partial charge in [0, 0.05) is 62.1 Å². The fourth-order valence-corrected chi connectivity index (χ4v) is 13.3. The van der Waals surface area contributed by atoms with Crippen molar-refractivity contribution in [1.82, 2.24) is 45.4 Å². The molecule has 3 heterocycles. The third kappa shape index (κ3) is 18.9. The lowest BCUT2D eigenvalue weighted by molar-refractivity contribution is -0.143. The predicted octanol–water partition coefficient (Wildman–Crippen LogP) is 15.7. The summed E-state index contributed by atoms with van der Waals surface area (Å²) in [4.78, 5) is 92.4. The van der Waals surface area contributed by atoms with Crippen molar-refractivity contribution in [2.75, 3.05) is 6.54 Å². The summed E-state index contributed by atoms with van der Waals surface area (Å²) >= 11 is 20.4. The number of fused-ring (bicyclic) bond motifs is 3. The molecule has 0 aliphatic heterocycles. The minimum absolute atomic E-state index is 0.0328. The largest absolute Gasteiger partial charge is 0.479 e. The number of alkyl halides is 3. The first-order valence-electron chi connectivity index (χ1n) is 27.9. The van der Waals surface area contributed by atoms with Gasteiger partial charge in [-0.25, -0.2) is 42.5 Å². The maximum absolute atomic E-state index is 14.2. The van der Waals surface area contributed by atoms with E-state index in [1.54, 1.807) is 110 Å². The highest BCUT2D eigenvalue weighted by molar-refractivity contribution is 9.12. The zero-order valence-electron chi connectivity index (χ0n) is 49.7. The highest BCUT2D eigenvalue weighted by atomic mass is 79.9. The number of aromatic amines is 3. The minimum atomic E-state index is -1.99. The monoisotopic (exact) mass is 1650 g/mol. The highest BCUT2D eigenvalue weighted by Gasteiger charge is 2.26. The summed E-state index contributed by atoms with van der Waals surface area (Å²) in [6.45, 7) is 13.7.